The number of hydrogen-bond acceptors (Lipinski definition) is 5. The van der Waals surface area contributed by atoms with Crippen LogP contribution in [0.4, 0.5) is 5.69 Å². The van der Waals surface area contributed by atoms with E-state index in [1.165, 1.54) is 24.9 Å². The van der Waals surface area contributed by atoms with Gasteiger partial charge in [0, 0.05) is 39.3 Å². The number of amides is 2. The molecule has 4 fully saturated rings. The van der Waals surface area contributed by atoms with E-state index in [0.717, 1.165) is 70.6 Å². The van der Waals surface area contributed by atoms with Gasteiger partial charge < -0.3 is 9.64 Å². The fraction of sp³-hybridized carbons (Fsp3) is 0.704. The third-order valence-electron chi connectivity index (χ3n) is 8.71. The van der Waals surface area contributed by atoms with Crippen molar-refractivity contribution in [3.8, 4) is 5.75 Å². The molecule has 1 aromatic carbocycles. The number of para-hydroxylation sites is 2. The summed E-state index contributed by atoms with van der Waals surface area (Å²) in [5.41, 5.74) is 1.18. The first kappa shape index (κ1) is 22.7. The Balaban J connectivity index is 1.18. The number of rotatable bonds is 6. The van der Waals surface area contributed by atoms with E-state index in [1.54, 1.807) is 12.0 Å². The van der Waals surface area contributed by atoms with Crippen molar-refractivity contribution in [2.75, 3.05) is 51.3 Å². The largest absolute Gasteiger partial charge is 0.495 e. The molecule has 2 amide bonds. The number of nitrogens with zero attached hydrogens (tertiary/aromatic N) is 3. The number of fused-ring (bicyclic) bond motifs is 1. The highest BCUT2D eigenvalue weighted by Gasteiger charge is 2.49. The van der Waals surface area contributed by atoms with Crippen molar-refractivity contribution in [1.29, 1.82) is 0 Å². The van der Waals surface area contributed by atoms with E-state index in [4.69, 9.17) is 4.74 Å². The molecule has 0 spiro atoms. The van der Waals surface area contributed by atoms with Crippen LogP contribution in [0.1, 0.15) is 51.4 Å². The third-order valence-corrected chi connectivity index (χ3v) is 8.71. The molecule has 2 heterocycles. The summed E-state index contributed by atoms with van der Waals surface area (Å²) >= 11 is 0. The van der Waals surface area contributed by atoms with Gasteiger partial charge in [-0.25, -0.2) is 0 Å². The summed E-state index contributed by atoms with van der Waals surface area (Å²) in [7, 11) is 1.74. The number of benzene rings is 1. The summed E-state index contributed by atoms with van der Waals surface area (Å²) < 4.78 is 5.56. The first-order valence-electron chi connectivity index (χ1n) is 13.1. The van der Waals surface area contributed by atoms with Crippen molar-refractivity contribution in [2.45, 2.75) is 51.4 Å². The number of ether oxygens (including phenoxy) is 1. The Morgan fingerprint density at radius 3 is 2.00 bits per heavy atom. The summed E-state index contributed by atoms with van der Waals surface area (Å²) in [6, 6.07) is 8.28. The lowest BCUT2D eigenvalue weighted by Gasteiger charge is -2.41. The number of imide groups is 1. The molecule has 0 N–H and O–H groups in total. The topological polar surface area (TPSA) is 53.1 Å². The molecule has 4 atom stereocenters. The van der Waals surface area contributed by atoms with E-state index in [9.17, 15) is 9.59 Å². The van der Waals surface area contributed by atoms with E-state index in [1.807, 2.05) is 12.1 Å². The number of piperazine rings is 1. The van der Waals surface area contributed by atoms with Gasteiger partial charge >= 0.3 is 0 Å². The minimum Gasteiger partial charge on any atom is -0.495 e. The van der Waals surface area contributed by atoms with E-state index in [-0.39, 0.29) is 23.7 Å². The molecule has 6 nitrogen and oxygen atoms in total. The molecular weight excluding hydrogens is 414 g/mol. The molecule has 2 aliphatic carbocycles. The molecule has 0 aromatic heterocycles. The van der Waals surface area contributed by atoms with Gasteiger partial charge in [-0.2, -0.15) is 0 Å². The average molecular weight is 454 g/mol. The zero-order valence-electron chi connectivity index (χ0n) is 20.1. The molecule has 0 radical (unpaired) electrons. The standard InChI is InChI=1S/C27H39N3O3/c1-33-25-13-7-6-12-24(25)29-16-14-28(15-17-29)18-20-8-2-3-9-21(20)19-30-26(31)22-10-4-5-11-23(22)27(30)32/h6-7,12-13,20-23H,2-5,8-11,14-19H2,1H3. The van der Waals surface area contributed by atoms with Crippen LogP contribution >= 0.6 is 0 Å². The van der Waals surface area contributed by atoms with Crippen molar-refractivity contribution >= 4 is 17.5 Å². The van der Waals surface area contributed by atoms with E-state index < -0.39 is 0 Å². The van der Waals surface area contributed by atoms with Crippen molar-refractivity contribution in [3.05, 3.63) is 24.3 Å². The van der Waals surface area contributed by atoms with Gasteiger partial charge in [-0.15, -0.1) is 0 Å². The molecule has 4 aliphatic rings. The van der Waals surface area contributed by atoms with Gasteiger partial charge in [0.2, 0.25) is 11.8 Å². The first-order chi connectivity index (χ1) is 16.2. The number of methoxy groups -OCH3 is 1. The van der Waals surface area contributed by atoms with Crippen LogP contribution in [0, 0.1) is 23.7 Å². The maximum atomic E-state index is 13.0. The Morgan fingerprint density at radius 1 is 0.788 bits per heavy atom. The lowest BCUT2D eigenvalue weighted by atomic mass is 9.78. The van der Waals surface area contributed by atoms with Gasteiger partial charge in [0.25, 0.3) is 0 Å². The number of carbonyl (C=O) groups is 2. The Bertz CT molecular complexity index is 827. The number of carbonyl (C=O) groups excluding carboxylic acids is 2. The van der Waals surface area contributed by atoms with Gasteiger partial charge in [0.1, 0.15) is 5.75 Å². The number of likely N-dealkylation sites (tertiary alicyclic amines) is 1. The molecule has 2 saturated carbocycles. The smallest absolute Gasteiger partial charge is 0.233 e. The lowest BCUT2D eigenvalue weighted by molar-refractivity contribution is -0.141. The average Bonchev–Trinajstić information content (AvgIpc) is 3.10. The Hall–Kier alpha value is -2.08. The van der Waals surface area contributed by atoms with Crippen LogP contribution in [0.5, 0.6) is 5.75 Å². The summed E-state index contributed by atoms with van der Waals surface area (Å²) in [5, 5.41) is 0. The second kappa shape index (κ2) is 10.0. The van der Waals surface area contributed by atoms with Crippen molar-refractivity contribution < 1.29 is 14.3 Å². The Morgan fingerprint density at radius 2 is 1.36 bits per heavy atom. The predicted molar refractivity (Wildman–Crippen MR) is 129 cm³/mol. The normalized spacial score (nSPS) is 31.1. The van der Waals surface area contributed by atoms with Crippen LogP contribution in [-0.4, -0.2) is 68.0 Å². The summed E-state index contributed by atoms with van der Waals surface area (Å²) in [6.07, 6.45) is 8.90. The molecular formula is C27H39N3O3. The van der Waals surface area contributed by atoms with Crippen molar-refractivity contribution in [1.82, 2.24) is 9.80 Å². The zero-order chi connectivity index (χ0) is 22.8. The molecule has 6 heteroatoms. The predicted octanol–water partition coefficient (Wildman–Crippen LogP) is 3.80. The number of hydrogen-bond donors (Lipinski definition) is 0. The molecule has 4 unspecified atom stereocenters. The molecule has 1 aromatic rings. The van der Waals surface area contributed by atoms with Gasteiger partial charge in [-0.05, 0) is 49.7 Å². The quantitative estimate of drug-likeness (QED) is 0.614. The molecule has 180 valence electrons. The van der Waals surface area contributed by atoms with Crippen LogP contribution in [0.15, 0.2) is 24.3 Å². The van der Waals surface area contributed by atoms with Gasteiger partial charge in [0.15, 0.2) is 0 Å². The summed E-state index contributed by atoms with van der Waals surface area (Å²) in [6.45, 7) is 5.86. The van der Waals surface area contributed by atoms with Gasteiger partial charge in [-0.1, -0.05) is 37.8 Å². The van der Waals surface area contributed by atoms with E-state index >= 15 is 0 Å². The highest BCUT2D eigenvalue weighted by Crippen LogP contribution is 2.40. The maximum Gasteiger partial charge on any atom is 0.233 e. The molecule has 5 rings (SSSR count). The van der Waals surface area contributed by atoms with Crippen LogP contribution in [-0.2, 0) is 9.59 Å². The van der Waals surface area contributed by atoms with Crippen LogP contribution in [0.25, 0.3) is 0 Å². The minimum atomic E-state index is -0.0173. The maximum absolute atomic E-state index is 13.0. The van der Waals surface area contributed by atoms with E-state index in [0.29, 0.717) is 18.4 Å². The van der Waals surface area contributed by atoms with Crippen LogP contribution in [0.3, 0.4) is 0 Å². The van der Waals surface area contributed by atoms with Gasteiger partial charge in [-0.3, -0.25) is 19.4 Å². The lowest BCUT2D eigenvalue weighted by Crippen LogP contribution is -2.49. The first-order valence-corrected chi connectivity index (χ1v) is 13.1. The second-order valence-electron chi connectivity index (χ2n) is 10.5. The zero-order valence-corrected chi connectivity index (χ0v) is 20.1. The highest BCUT2D eigenvalue weighted by atomic mass is 16.5. The van der Waals surface area contributed by atoms with Crippen molar-refractivity contribution in [3.63, 3.8) is 0 Å². The van der Waals surface area contributed by atoms with E-state index in [2.05, 4.69) is 21.9 Å². The van der Waals surface area contributed by atoms with Crippen molar-refractivity contribution in [2.24, 2.45) is 23.7 Å². The Kier molecular flexibility index (Phi) is 6.91. The third kappa shape index (κ3) is 4.64. The SMILES string of the molecule is COc1ccccc1N1CCN(CC2CCCCC2CN2C(=O)C3CCCCC3C2=O)CC1. The molecule has 0 bridgehead atoms. The monoisotopic (exact) mass is 453 g/mol. The van der Waals surface area contributed by atoms with Gasteiger partial charge in [0.05, 0.1) is 24.6 Å². The fourth-order valence-corrected chi connectivity index (χ4v) is 6.80. The Labute approximate surface area is 198 Å². The fourth-order valence-electron chi connectivity index (χ4n) is 6.80. The summed E-state index contributed by atoms with van der Waals surface area (Å²) in [4.78, 5) is 32.8. The highest BCUT2D eigenvalue weighted by molar-refractivity contribution is 6.05. The molecule has 2 aliphatic heterocycles. The number of anilines is 1. The molecule has 2 saturated heterocycles. The summed E-state index contributed by atoms with van der Waals surface area (Å²) in [5.74, 6) is 2.23. The van der Waals surface area contributed by atoms with Crippen LogP contribution in [0.2, 0.25) is 0 Å². The van der Waals surface area contributed by atoms with Crippen LogP contribution < -0.4 is 9.64 Å². The minimum absolute atomic E-state index is 0.0173. The second-order valence-corrected chi connectivity index (χ2v) is 10.5. The molecule has 33 heavy (non-hydrogen) atoms.